The van der Waals surface area contributed by atoms with Gasteiger partial charge in [0.25, 0.3) is 0 Å². The summed E-state index contributed by atoms with van der Waals surface area (Å²) in [4.78, 5) is 10.1. The SMILES string of the molecule is Nc1cc(-c2ccnc(/C=C/c3ccc(F)cc3)c2)[nH]c1N1CCCC1. The normalized spacial score (nSPS) is 14.4. The van der Waals surface area contributed by atoms with Crippen LogP contribution < -0.4 is 10.6 Å². The maximum Gasteiger partial charge on any atom is 0.130 e. The maximum atomic E-state index is 13.0. The zero-order chi connectivity index (χ0) is 17.9. The van der Waals surface area contributed by atoms with Crippen LogP contribution in [-0.4, -0.2) is 23.1 Å². The number of nitrogens with two attached hydrogens (primary N) is 1. The summed E-state index contributed by atoms with van der Waals surface area (Å²) < 4.78 is 13.0. The van der Waals surface area contributed by atoms with E-state index in [1.54, 1.807) is 18.3 Å². The molecule has 2 aromatic heterocycles. The summed E-state index contributed by atoms with van der Waals surface area (Å²) in [6.07, 6.45) is 8.05. The molecule has 1 fully saturated rings. The number of hydrogen-bond donors (Lipinski definition) is 2. The standard InChI is InChI=1S/C21H21FN4/c22-17-6-3-15(4-7-17)5-8-18-13-16(9-10-24-18)20-14-19(23)21(25-20)26-11-1-2-12-26/h3-10,13-14,25H,1-2,11-12,23H2/b8-5+. The molecule has 1 saturated heterocycles. The highest BCUT2D eigenvalue weighted by molar-refractivity contribution is 5.76. The van der Waals surface area contributed by atoms with Crippen molar-refractivity contribution in [3.8, 4) is 11.3 Å². The fourth-order valence-corrected chi connectivity index (χ4v) is 3.28. The summed E-state index contributed by atoms with van der Waals surface area (Å²) >= 11 is 0. The third-order valence-corrected chi connectivity index (χ3v) is 4.66. The average molecular weight is 348 g/mol. The van der Waals surface area contributed by atoms with Crippen molar-refractivity contribution in [3.63, 3.8) is 0 Å². The van der Waals surface area contributed by atoms with Gasteiger partial charge in [0.15, 0.2) is 0 Å². The molecule has 0 radical (unpaired) electrons. The molecule has 1 aliphatic heterocycles. The van der Waals surface area contributed by atoms with Gasteiger partial charge >= 0.3 is 0 Å². The van der Waals surface area contributed by atoms with Crippen LogP contribution in [0.2, 0.25) is 0 Å². The minimum absolute atomic E-state index is 0.236. The van der Waals surface area contributed by atoms with Gasteiger partial charge in [-0.15, -0.1) is 0 Å². The quantitative estimate of drug-likeness (QED) is 0.726. The molecule has 1 aliphatic rings. The van der Waals surface area contributed by atoms with Crippen LogP contribution in [0.5, 0.6) is 0 Å². The number of pyridine rings is 1. The molecule has 0 amide bonds. The molecular formula is C21H21FN4. The summed E-state index contributed by atoms with van der Waals surface area (Å²) in [5.41, 5.74) is 10.8. The van der Waals surface area contributed by atoms with E-state index >= 15 is 0 Å². The third-order valence-electron chi connectivity index (χ3n) is 4.66. The van der Waals surface area contributed by atoms with Crippen molar-refractivity contribution in [1.29, 1.82) is 0 Å². The summed E-state index contributed by atoms with van der Waals surface area (Å²) in [6, 6.07) is 12.3. The van der Waals surface area contributed by atoms with E-state index in [1.165, 1.54) is 25.0 Å². The summed E-state index contributed by atoms with van der Waals surface area (Å²) in [6.45, 7) is 2.10. The Morgan fingerprint density at radius 2 is 1.81 bits per heavy atom. The van der Waals surface area contributed by atoms with Gasteiger partial charge in [-0.2, -0.15) is 0 Å². The van der Waals surface area contributed by atoms with Crippen molar-refractivity contribution in [2.24, 2.45) is 0 Å². The van der Waals surface area contributed by atoms with Crippen molar-refractivity contribution in [2.45, 2.75) is 12.8 Å². The second-order valence-electron chi connectivity index (χ2n) is 6.54. The van der Waals surface area contributed by atoms with Gasteiger partial charge in [0.1, 0.15) is 11.6 Å². The molecule has 5 heteroatoms. The maximum absolute atomic E-state index is 13.0. The predicted octanol–water partition coefficient (Wildman–Crippen LogP) is 4.57. The lowest BCUT2D eigenvalue weighted by Gasteiger charge is -2.16. The molecule has 4 nitrogen and oxygen atoms in total. The molecule has 0 unspecified atom stereocenters. The number of benzene rings is 1. The molecule has 0 aliphatic carbocycles. The van der Waals surface area contributed by atoms with Crippen molar-refractivity contribution in [3.05, 3.63) is 65.7 Å². The molecule has 132 valence electrons. The van der Waals surface area contributed by atoms with E-state index in [4.69, 9.17) is 5.73 Å². The first-order chi connectivity index (χ1) is 12.7. The number of aromatic amines is 1. The highest BCUT2D eigenvalue weighted by atomic mass is 19.1. The van der Waals surface area contributed by atoms with Gasteiger partial charge in [-0.25, -0.2) is 4.39 Å². The zero-order valence-electron chi connectivity index (χ0n) is 14.5. The van der Waals surface area contributed by atoms with E-state index < -0.39 is 0 Å². The lowest BCUT2D eigenvalue weighted by molar-refractivity contribution is 0.628. The lowest BCUT2D eigenvalue weighted by Crippen LogP contribution is -2.19. The van der Waals surface area contributed by atoms with Crippen LogP contribution >= 0.6 is 0 Å². The molecule has 26 heavy (non-hydrogen) atoms. The van der Waals surface area contributed by atoms with E-state index in [0.29, 0.717) is 0 Å². The minimum Gasteiger partial charge on any atom is -0.396 e. The molecule has 3 heterocycles. The number of nitrogens with one attached hydrogen (secondary N) is 1. The largest absolute Gasteiger partial charge is 0.396 e. The Hall–Kier alpha value is -3.08. The number of nitrogen functional groups attached to an aromatic ring is 1. The van der Waals surface area contributed by atoms with Crippen LogP contribution in [0.3, 0.4) is 0 Å². The Labute approximate surface area is 152 Å². The molecule has 0 atom stereocenters. The molecule has 3 aromatic rings. The molecule has 0 saturated carbocycles. The zero-order valence-corrected chi connectivity index (χ0v) is 14.5. The first kappa shape index (κ1) is 16.4. The van der Waals surface area contributed by atoms with Gasteiger partial charge in [-0.05, 0) is 54.8 Å². The highest BCUT2D eigenvalue weighted by Gasteiger charge is 2.17. The predicted molar refractivity (Wildman–Crippen MR) is 105 cm³/mol. The number of halogens is 1. The Morgan fingerprint density at radius 3 is 2.58 bits per heavy atom. The second-order valence-corrected chi connectivity index (χ2v) is 6.54. The first-order valence-electron chi connectivity index (χ1n) is 8.82. The van der Waals surface area contributed by atoms with Crippen LogP contribution in [0.1, 0.15) is 24.1 Å². The highest BCUT2D eigenvalue weighted by Crippen LogP contribution is 2.31. The van der Waals surface area contributed by atoms with Crippen LogP contribution in [0.25, 0.3) is 23.4 Å². The Bertz CT molecular complexity index is 921. The van der Waals surface area contributed by atoms with Crippen LogP contribution in [0.4, 0.5) is 15.9 Å². The van der Waals surface area contributed by atoms with E-state index in [2.05, 4.69) is 14.9 Å². The van der Waals surface area contributed by atoms with Gasteiger partial charge < -0.3 is 15.6 Å². The van der Waals surface area contributed by atoms with E-state index in [1.807, 2.05) is 30.4 Å². The van der Waals surface area contributed by atoms with Gasteiger partial charge in [-0.3, -0.25) is 4.98 Å². The monoisotopic (exact) mass is 348 g/mol. The Kier molecular flexibility index (Phi) is 4.44. The van der Waals surface area contributed by atoms with Crippen molar-refractivity contribution >= 4 is 23.7 Å². The number of aromatic nitrogens is 2. The number of hydrogen-bond acceptors (Lipinski definition) is 3. The third kappa shape index (κ3) is 3.47. The Morgan fingerprint density at radius 1 is 1.04 bits per heavy atom. The number of nitrogens with zero attached hydrogens (tertiary/aromatic N) is 2. The van der Waals surface area contributed by atoms with E-state index in [0.717, 1.165) is 47.1 Å². The molecular weight excluding hydrogens is 327 g/mol. The van der Waals surface area contributed by atoms with Gasteiger partial charge in [0, 0.05) is 30.5 Å². The number of anilines is 2. The van der Waals surface area contributed by atoms with E-state index in [-0.39, 0.29) is 5.82 Å². The minimum atomic E-state index is -0.236. The smallest absolute Gasteiger partial charge is 0.130 e. The fourth-order valence-electron chi connectivity index (χ4n) is 3.28. The van der Waals surface area contributed by atoms with Crippen LogP contribution in [0.15, 0.2) is 48.7 Å². The van der Waals surface area contributed by atoms with Gasteiger partial charge in [0.2, 0.25) is 0 Å². The fraction of sp³-hybridized carbons (Fsp3) is 0.190. The van der Waals surface area contributed by atoms with Crippen molar-refractivity contribution in [1.82, 2.24) is 9.97 Å². The van der Waals surface area contributed by atoms with Crippen molar-refractivity contribution in [2.75, 3.05) is 23.7 Å². The topological polar surface area (TPSA) is 57.9 Å². The second kappa shape index (κ2) is 7.04. The molecule has 0 bridgehead atoms. The average Bonchev–Trinajstić information content (AvgIpc) is 3.31. The first-order valence-corrected chi connectivity index (χ1v) is 8.82. The van der Waals surface area contributed by atoms with Gasteiger partial charge in [-0.1, -0.05) is 18.2 Å². The van der Waals surface area contributed by atoms with Crippen LogP contribution in [-0.2, 0) is 0 Å². The molecule has 3 N–H and O–H groups in total. The number of H-pyrrole nitrogens is 1. The summed E-state index contributed by atoms with van der Waals surface area (Å²) in [7, 11) is 0. The molecule has 4 rings (SSSR count). The summed E-state index contributed by atoms with van der Waals surface area (Å²) in [5.74, 6) is 0.776. The van der Waals surface area contributed by atoms with Crippen molar-refractivity contribution < 1.29 is 4.39 Å². The molecule has 1 aromatic carbocycles. The van der Waals surface area contributed by atoms with Gasteiger partial charge in [0.05, 0.1) is 11.4 Å². The summed E-state index contributed by atoms with van der Waals surface area (Å²) in [5, 5.41) is 0. The Balaban J connectivity index is 1.57. The van der Waals surface area contributed by atoms with Crippen LogP contribution in [0, 0.1) is 5.82 Å². The lowest BCUT2D eigenvalue weighted by atomic mass is 10.1. The van der Waals surface area contributed by atoms with E-state index in [9.17, 15) is 4.39 Å². The molecule has 0 spiro atoms. The number of rotatable bonds is 4.